The minimum absolute atomic E-state index is 0.00723. The van der Waals surface area contributed by atoms with Crippen molar-refractivity contribution in [1.82, 2.24) is 48.7 Å². The van der Waals surface area contributed by atoms with Crippen LogP contribution in [0.25, 0.3) is 0 Å². The predicted octanol–water partition coefficient (Wildman–Crippen LogP) is 1.54. The van der Waals surface area contributed by atoms with Crippen molar-refractivity contribution in [2.24, 2.45) is 35.2 Å². The highest BCUT2D eigenvalue weighted by molar-refractivity contribution is 6.07. The Morgan fingerprint density at radius 3 is 1.55 bits per heavy atom. The molecule has 0 aliphatic carbocycles. The van der Waals surface area contributed by atoms with E-state index < -0.39 is 35.4 Å². The van der Waals surface area contributed by atoms with Crippen molar-refractivity contribution in [1.29, 1.82) is 0 Å². The minimum atomic E-state index is -0.496. The summed E-state index contributed by atoms with van der Waals surface area (Å²) in [5, 5.41) is 19.3. The first-order valence-electron chi connectivity index (χ1n) is 20.3. The quantitative estimate of drug-likeness (QED) is 0.0498. The smallest absolute Gasteiger partial charge is 0.316 e. The third-order valence-corrected chi connectivity index (χ3v) is 10.1. The molecule has 0 atom stereocenters. The van der Waals surface area contributed by atoms with Crippen molar-refractivity contribution in [3.05, 3.63) is 114 Å². The second-order valence-corrected chi connectivity index (χ2v) is 15.6. The first-order valence-corrected chi connectivity index (χ1v) is 20.3. The summed E-state index contributed by atoms with van der Waals surface area (Å²) in [7, 11) is 12.2. The van der Waals surface area contributed by atoms with E-state index in [2.05, 4.69) is 48.9 Å². The van der Waals surface area contributed by atoms with Crippen molar-refractivity contribution in [3.8, 4) is 0 Å². The van der Waals surface area contributed by atoms with E-state index in [4.69, 9.17) is 0 Å². The minimum Gasteiger partial charge on any atom is -0.350 e. The van der Waals surface area contributed by atoms with Crippen LogP contribution in [0.2, 0.25) is 0 Å². The molecule has 0 radical (unpaired) electrons. The van der Waals surface area contributed by atoms with Crippen LogP contribution in [0.1, 0.15) is 65.4 Å². The van der Waals surface area contributed by atoms with Crippen LogP contribution < -0.4 is 37.2 Å². The number of amides is 7. The Balaban J connectivity index is 0.951. The van der Waals surface area contributed by atoms with Crippen LogP contribution in [-0.4, -0.2) is 119 Å². The van der Waals surface area contributed by atoms with E-state index in [-0.39, 0.29) is 53.2 Å². The van der Waals surface area contributed by atoms with Crippen LogP contribution in [0.5, 0.6) is 0 Å². The monoisotopic (exact) mass is 890 g/mol. The van der Waals surface area contributed by atoms with Crippen molar-refractivity contribution in [3.63, 3.8) is 0 Å². The van der Waals surface area contributed by atoms with Crippen LogP contribution in [0, 0.1) is 0 Å². The number of hydrogen-bond donors (Lipinski definition) is 7. The number of aryl methyl sites for hydroxylation is 5. The van der Waals surface area contributed by atoms with Gasteiger partial charge < -0.3 is 65.0 Å². The number of rotatable bonds is 18. The van der Waals surface area contributed by atoms with Gasteiger partial charge in [-0.05, 0) is 51.3 Å². The van der Waals surface area contributed by atoms with Crippen LogP contribution >= 0.6 is 0 Å². The maximum absolute atomic E-state index is 13.3. The summed E-state index contributed by atoms with van der Waals surface area (Å²) in [6.45, 7) is 5.16. The Morgan fingerprint density at radius 2 is 1.06 bits per heavy atom. The number of aromatic nitrogens is 6. The molecule has 0 saturated heterocycles. The van der Waals surface area contributed by atoms with E-state index in [1.807, 2.05) is 19.0 Å². The van der Waals surface area contributed by atoms with Gasteiger partial charge in [-0.1, -0.05) is 0 Å². The first-order chi connectivity index (χ1) is 30.9. The van der Waals surface area contributed by atoms with Gasteiger partial charge in [0.25, 0.3) is 35.2 Å². The molecule has 1 aliphatic heterocycles. The van der Waals surface area contributed by atoms with Crippen molar-refractivity contribution >= 4 is 70.8 Å². The molecule has 0 bridgehead atoms. The fourth-order valence-electron chi connectivity index (χ4n) is 6.85. The molecule has 7 amide bonds. The molecule has 22 heteroatoms. The number of carbonyl (C=O) groups is 7. The van der Waals surface area contributed by atoms with E-state index in [0.29, 0.717) is 35.0 Å². The lowest BCUT2D eigenvalue weighted by atomic mass is 10.3. The summed E-state index contributed by atoms with van der Waals surface area (Å²) in [6, 6.07) is 6.02. The zero-order valence-corrected chi connectivity index (χ0v) is 37.1. The van der Waals surface area contributed by atoms with Crippen LogP contribution in [0.3, 0.4) is 0 Å². The number of imidazole rings is 1. The third-order valence-electron chi connectivity index (χ3n) is 10.1. The molecule has 7 N–H and O–H groups in total. The molecule has 0 unspecified atom stereocenters. The van der Waals surface area contributed by atoms with Crippen molar-refractivity contribution in [2.45, 2.75) is 12.8 Å². The SMILES string of the molecule is C=[N+]1C=C(NC(=O)c2cc(NC(=O)c3cc(NC(=O)CCNC(=O)c4cc(NC(=O)c5cc(NC(=O)c6nccn6C)cn5C)cn4C)cn3C)cn2C)C=C1C(=O)NCCCN(C)C. The fraction of sp³-hybridized carbons (Fsp3) is 0.279. The van der Waals surface area contributed by atoms with E-state index >= 15 is 0 Å². The van der Waals surface area contributed by atoms with Gasteiger partial charge in [-0.2, -0.15) is 4.58 Å². The maximum atomic E-state index is 13.3. The highest BCUT2D eigenvalue weighted by Gasteiger charge is 2.28. The highest BCUT2D eigenvalue weighted by Crippen LogP contribution is 2.21. The van der Waals surface area contributed by atoms with Gasteiger partial charge in [0.2, 0.25) is 5.91 Å². The normalized spacial score (nSPS) is 12.1. The highest BCUT2D eigenvalue weighted by atomic mass is 16.2. The second-order valence-electron chi connectivity index (χ2n) is 15.6. The second kappa shape index (κ2) is 19.8. The zero-order valence-electron chi connectivity index (χ0n) is 37.1. The van der Waals surface area contributed by atoms with Gasteiger partial charge >= 0.3 is 5.91 Å². The first kappa shape index (κ1) is 46.2. The Labute approximate surface area is 373 Å². The summed E-state index contributed by atoms with van der Waals surface area (Å²) >= 11 is 0. The van der Waals surface area contributed by atoms with Crippen molar-refractivity contribution < 1.29 is 38.1 Å². The van der Waals surface area contributed by atoms with Crippen LogP contribution in [0.4, 0.5) is 22.7 Å². The lowest BCUT2D eigenvalue weighted by Gasteiger charge is -2.09. The third kappa shape index (κ3) is 11.4. The summed E-state index contributed by atoms with van der Waals surface area (Å²) in [5.41, 5.74) is 3.05. The Morgan fingerprint density at radius 1 is 0.600 bits per heavy atom. The molecular formula is C43H52N15O7+. The topological polar surface area (TPSA) is 247 Å². The average molecular weight is 891 g/mol. The molecule has 65 heavy (non-hydrogen) atoms. The van der Waals surface area contributed by atoms with E-state index in [0.717, 1.165) is 13.0 Å². The molecule has 340 valence electrons. The Kier molecular flexibility index (Phi) is 14.1. The van der Waals surface area contributed by atoms with Gasteiger partial charge in [0, 0.05) is 98.0 Å². The number of allylic oxidation sites excluding steroid dienone is 1. The molecule has 6 rings (SSSR count). The lowest BCUT2D eigenvalue weighted by molar-refractivity contribution is -0.381. The summed E-state index contributed by atoms with van der Waals surface area (Å²) in [6.07, 6.45) is 13.2. The summed E-state index contributed by atoms with van der Waals surface area (Å²) < 4.78 is 9.13. The molecule has 5 aromatic heterocycles. The molecule has 5 aromatic rings. The standard InChI is InChI=1S/C43H51N15O7/c1-52(2)14-9-11-45-38(60)31-17-27(22-54(31)4)48-41(63)34-19-29(24-57(34)7)50-40(62)33-16-26(21-56(33)6)47-36(59)10-12-46-39(61)32-18-28(23-55(32)5)49-42(64)35-20-30(25-58(35)8)51-43(65)37-44-13-15-53(37)3/h13,15-25H,4,9-12,14H2,1-3,5-8H3,(H6-,45,46,47,48,49,50,51,59,60,61,62,63,64,65)/p+1. The van der Waals surface area contributed by atoms with Crippen LogP contribution in [-0.2, 0) is 44.8 Å². The summed E-state index contributed by atoms with van der Waals surface area (Å²) in [5.74, 6) is -2.86. The van der Waals surface area contributed by atoms with Gasteiger partial charge in [-0.15, -0.1) is 0 Å². The van der Waals surface area contributed by atoms with Crippen LogP contribution in [0.15, 0.2) is 85.1 Å². The van der Waals surface area contributed by atoms with Crippen molar-refractivity contribution in [2.75, 3.05) is 55.0 Å². The number of nitrogens with zero attached hydrogens (tertiary/aromatic N) is 8. The number of carbonyl (C=O) groups excluding carboxylic acids is 7. The van der Waals surface area contributed by atoms with Gasteiger partial charge in [-0.25, -0.2) is 4.98 Å². The molecule has 22 nitrogen and oxygen atoms in total. The molecular weight excluding hydrogens is 839 g/mol. The van der Waals surface area contributed by atoms with E-state index in [1.54, 1.807) is 79.9 Å². The molecule has 0 spiro atoms. The lowest BCUT2D eigenvalue weighted by Crippen LogP contribution is -2.30. The molecule has 0 aromatic carbocycles. The van der Waals surface area contributed by atoms with Gasteiger partial charge in [-0.3, -0.25) is 33.6 Å². The van der Waals surface area contributed by atoms with Gasteiger partial charge in [0.1, 0.15) is 35.2 Å². The molecule has 1 aliphatic rings. The number of nitrogens with one attached hydrogen (secondary N) is 7. The largest absolute Gasteiger partial charge is 0.350 e. The molecule has 6 heterocycles. The van der Waals surface area contributed by atoms with E-state index in [1.165, 1.54) is 56.4 Å². The predicted molar refractivity (Wildman–Crippen MR) is 241 cm³/mol. The maximum Gasteiger partial charge on any atom is 0.316 e. The fourth-order valence-corrected chi connectivity index (χ4v) is 6.85. The van der Waals surface area contributed by atoms with Gasteiger partial charge in [0.05, 0.1) is 22.7 Å². The average Bonchev–Trinajstić information content (AvgIpc) is 4.10. The molecule has 0 saturated carbocycles. The molecule has 0 fully saturated rings. The van der Waals surface area contributed by atoms with Gasteiger partial charge in [0.15, 0.2) is 12.0 Å². The Hall–Kier alpha value is -8.27. The summed E-state index contributed by atoms with van der Waals surface area (Å²) in [4.78, 5) is 96.8. The zero-order chi connectivity index (χ0) is 47.1. The number of hydrogen-bond acceptors (Lipinski definition) is 9. The Bertz CT molecular complexity index is 2770. The van der Waals surface area contributed by atoms with E-state index in [9.17, 15) is 33.6 Å². The number of anilines is 4.